The molecule has 2 N–H and O–H groups in total. The molecule has 88 valence electrons. The number of carbonyl (C=O) groups is 1. The van der Waals surface area contributed by atoms with Crippen LogP contribution >= 0.6 is 0 Å². The molecule has 1 aliphatic heterocycles. The molecule has 1 saturated heterocycles. The van der Waals surface area contributed by atoms with E-state index in [9.17, 15) is 4.79 Å². The molecule has 4 nitrogen and oxygen atoms in total. The third-order valence-electron chi connectivity index (χ3n) is 2.85. The second-order valence-corrected chi connectivity index (χ2v) is 4.17. The van der Waals surface area contributed by atoms with Crippen LogP contribution in [0.5, 0.6) is 0 Å². The van der Waals surface area contributed by atoms with Crippen LogP contribution < -0.4 is 10.6 Å². The maximum absolute atomic E-state index is 11.4. The molecule has 4 heteroatoms. The molecule has 15 heavy (non-hydrogen) atoms. The van der Waals surface area contributed by atoms with Gasteiger partial charge in [-0.1, -0.05) is 13.3 Å². The van der Waals surface area contributed by atoms with Crippen molar-refractivity contribution in [3.8, 4) is 0 Å². The van der Waals surface area contributed by atoms with Gasteiger partial charge in [-0.3, -0.25) is 0 Å². The van der Waals surface area contributed by atoms with Gasteiger partial charge in [-0.25, -0.2) is 4.79 Å². The van der Waals surface area contributed by atoms with Gasteiger partial charge in [0.2, 0.25) is 0 Å². The van der Waals surface area contributed by atoms with Crippen molar-refractivity contribution in [1.82, 2.24) is 10.6 Å². The zero-order valence-electron chi connectivity index (χ0n) is 9.71. The average Bonchev–Trinajstić information content (AvgIpc) is 2.70. The third-order valence-corrected chi connectivity index (χ3v) is 2.85. The van der Waals surface area contributed by atoms with Crippen molar-refractivity contribution in [1.29, 1.82) is 0 Å². The highest BCUT2D eigenvalue weighted by molar-refractivity contribution is 5.74. The minimum atomic E-state index is -0.0529. The normalized spacial score (nSPS) is 22.4. The predicted octanol–water partition coefficient (Wildman–Crippen LogP) is 1.51. The number of amides is 2. The minimum absolute atomic E-state index is 0.0529. The molecule has 0 spiro atoms. The van der Waals surface area contributed by atoms with E-state index in [0.717, 1.165) is 39.0 Å². The van der Waals surface area contributed by atoms with E-state index in [1.807, 2.05) is 6.92 Å². The van der Waals surface area contributed by atoms with Crippen molar-refractivity contribution in [2.75, 3.05) is 19.8 Å². The number of unbranched alkanes of at least 4 members (excludes halogenated alkanes) is 1. The van der Waals surface area contributed by atoms with Crippen molar-refractivity contribution < 1.29 is 9.53 Å². The zero-order chi connectivity index (χ0) is 11.1. The van der Waals surface area contributed by atoms with E-state index >= 15 is 0 Å². The maximum Gasteiger partial charge on any atom is 0.315 e. The van der Waals surface area contributed by atoms with Crippen LogP contribution in [0, 0.1) is 5.92 Å². The molecule has 1 heterocycles. The van der Waals surface area contributed by atoms with Crippen LogP contribution in [0.1, 0.15) is 33.1 Å². The lowest BCUT2D eigenvalue weighted by Gasteiger charge is -2.19. The molecule has 0 bridgehead atoms. The summed E-state index contributed by atoms with van der Waals surface area (Å²) in [5.74, 6) is 0.474. The van der Waals surface area contributed by atoms with Crippen molar-refractivity contribution >= 4 is 6.03 Å². The quantitative estimate of drug-likeness (QED) is 0.682. The monoisotopic (exact) mass is 214 g/mol. The van der Waals surface area contributed by atoms with Gasteiger partial charge in [-0.15, -0.1) is 0 Å². The van der Waals surface area contributed by atoms with Gasteiger partial charge in [-0.05, 0) is 19.8 Å². The standard InChI is InChI=1S/C11H22N2O2/c1-3-4-6-12-11(14)13-9(2)10-5-7-15-8-10/h9-10H,3-8H2,1-2H3,(H2,12,13,14). The summed E-state index contributed by atoms with van der Waals surface area (Å²) in [4.78, 5) is 11.4. The molecule has 1 rings (SSSR count). The first-order chi connectivity index (χ1) is 7.24. The Morgan fingerprint density at radius 1 is 1.60 bits per heavy atom. The van der Waals surface area contributed by atoms with E-state index in [1.165, 1.54) is 0 Å². The minimum Gasteiger partial charge on any atom is -0.381 e. The van der Waals surface area contributed by atoms with Crippen molar-refractivity contribution in [3.63, 3.8) is 0 Å². The van der Waals surface area contributed by atoms with Crippen LogP contribution in [0.15, 0.2) is 0 Å². The number of ether oxygens (including phenoxy) is 1. The Labute approximate surface area is 91.8 Å². The van der Waals surface area contributed by atoms with Crippen LogP contribution in [-0.2, 0) is 4.74 Å². The SMILES string of the molecule is CCCCNC(=O)NC(C)C1CCOC1. The molecule has 2 unspecified atom stereocenters. The number of hydrogen-bond donors (Lipinski definition) is 2. The lowest BCUT2D eigenvalue weighted by atomic mass is 10.0. The Bertz CT molecular complexity index is 191. The predicted molar refractivity (Wildman–Crippen MR) is 59.8 cm³/mol. The highest BCUT2D eigenvalue weighted by Crippen LogP contribution is 2.15. The smallest absolute Gasteiger partial charge is 0.315 e. The molecular formula is C11H22N2O2. The summed E-state index contributed by atoms with van der Waals surface area (Å²) in [6, 6.07) is 0.150. The van der Waals surface area contributed by atoms with E-state index in [0.29, 0.717) is 5.92 Å². The Hall–Kier alpha value is -0.770. The van der Waals surface area contributed by atoms with Gasteiger partial charge in [0.25, 0.3) is 0 Å². The molecule has 0 aliphatic carbocycles. The summed E-state index contributed by atoms with van der Waals surface area (Å²) in [6.07, 6.45) is 3.19. The lowest BCUT2D eigenvalue weighted by molar-refractivity contribution is 0.178. The summed E-state index contributed by atoms with van der Waals surface area (Å²) in [6.45, 7) is 6.51. The fourth-order valence-electron chi connectivity index (χ4n) is 1.70. The fraction of sp³-hybridized carbons (Fsp3) is 0.909. The molecule has 1 fully saturated rings. The Morgan fingerprint density at radius 3 is 3.00 bits per heavy atom. The molecule has 0 aromatic carbocycles. The van der Waals surface area contributed by atoms with E-state index in [4.69, 9.17) is 4.74 Å². The van der Waals surface area contributed by atoms with Gasteiger partial charge in [0.15, 0.2) is 0 Å². The van der Waals surface area contributed by atoms with Gasteiger partial charge in [0, 0.05) is 25.1 Å². The number of rotatable bonds is 5. The van der Waals surface area contributed by atoms with Crippen molar-refractivity contribution in [2.24, 2.45) is 5.92 Å². The van der Waals surface area contributed by atoms with Crippen molar-refractivity contribution in [3.05, 3.63) is 0 Å². The number of urea groups is 1. The van der Waals surface area contributed by atoms with E-state index < -0.39 is 0 Å². The van der Waals surface area contributed by atoms with Crippen LogP contribution in [0.3, 0.4) is 0 Å². The molecule has 1 aliphatic rings. The molecule has 0 radical (unpaired) electrons. The Morgan fingerprint density at radius 2 is 2.40 bits per heavy atom. The largest absolute Gasteiger partial charge is 0.381 e. The topological polar surface area (TPSA) is 50.4 Å². The molecule has 0 saturated carbocycles. The van der Waals surface area contributed by atoms with Gasteiger partial charge in [0.05, 0.1) is 6.61 Å². The summed E-state index contributed by atoms with van der Waals surface area (Å²) in [5.41, 5.74) is 0. The first-order valence-electron chi connectivity index (χ1n) is 5.86. The Kier molecular flexibility index (Phi) is 5.47. The van der Waals surface area contributed by atoms with Crippen LogP contribution in [0.2, 0.25) is 0 Å². The van der Waals surface area contributed by atoms with Gasteiger partial charge in [-0.2, -0.15) is 0 Å². The van der Waals surface area contributed by atoms with Gasteiger partial charge in [0.1, 0.15) is 0 Å². The summed E-state index contributed by atoms with van der Waals surface area (Å²) < 4.78 is 5.29. The first-order valence-corrected chi connectivity index (χ1v) is 5.86. The van der Waals surface area contributed by atoms with Crippen LogP contribution in [0.25, 0.3) is 0 Å². The highest BCUT2D eigenvalue weighted by atomic mass is 16.5. The lowest BCUT2D eigenvalue weighted by Crippen LogP contribution is -2.44. The van der Waals surface area contributed by atoms with Crippen molar-refractivity contribution in [2.45, 2.75) is 39.2 Å². The zero-order valence-corrected chi connectivity index (χ0v) is 9.71. The summed E-state index contributed by atoms with van der Waals surface area (Å²) >= 11 is 0. The molecule has 2 amide bonds. The highest BCUT2D eigenvalue weighted by Gasteiger charge is 2.23. The van der Waals surface area contributed by atoms with Gasteiger partial charge >= 0.3 is 6.03 Å². The van der Waals surface area contributed by atoms with Crippen LogP contribution in [0.4, 0.5) is 4.79 Å². The maximum atomic E-state index is 11.4. The van der Waals surface area contributed by atoms with E-state index in [-0.39, 0.29) is 12.1 Å². The van der Waals surface area contributed by atoms with E-state index in [2.05, 4.69) is 17.6 Å². The third kappa shape index (κ3) is 4.51. The van der Waals surface area contributed by atoms with E-state index in [1.54, 1.807) is 0 Å². The molecular weight excluding hydrogens is 192 g/mol. The summed E-state index contributed by atoms with van der Waals surface area (Å²) in [7, 11) is 0. The number of nitrogens with one attached hydrogen (secondary N) is 2. The second kappa shape index (κ2) is 6.67. The molecule has 0 aromatic heterocycles. The first kappa shape index (κ1) is 12.3. The fourth-order valence-corrected chi connectivity index (χ4v) is 1.70. The molecule has 2 atom stereocenters. The summed E-state index contributed by atoms with van der Waals surface area (Å²) in [5, 5.41) is 5.80. The molecule has 0 aromatic rings. The number of carbonyl (C=O) groups excluding carboxylic acids is 1. The Balaban J connectivity index is 2.13. The van der Waals surface area contributed by atoms with Gasteiger partial charge < -0.3 is 15.4 Å². The number of hydrogen-bond acceptors (Lipinski definition) is 2. The second-order valence-electron chi connectivity index (χ2n) is 4.17. The average molecular weight is 214 g/mol. The van der Waals surface area contributed by atoms with Crippen LogP contribution in [-0.4, -0.2) is 31.8 Å².